The molecule has 0 fully saturated rings. The molecule has 0 saturated carbocycles. The lowest BCUT2D eigenvalue weighted by Gasteiger charge is -2.04. The van der Waals surface area contributed by atoms with Gasteiger partial charge in [0.2, 0.25) is 5.91 Å². The van der Waals surface area contributed by atoms with Crippen molar-refractivity contribution in [1.29, 1.82) is 0 Å². The first-order valence-electron chi connectivity index (χ1n) is 7.48. The summed E-state index contributed by atoms with van der Waals surface area (Å²) in [5.41, 5.74) is 1.26. The average Bonchev–Trinajstić information content (AvgIpc) is 3.30. The standard InChI is InChI=1S/C16H11FN6O2S/c17-10-1-3-11(4-2-10)23-15-12(7-20-23)16(19-9-18-15)26-8-14(24)21-13-5-6-25-22-13/h1-7,9H,8H2,(H,21,22,24). The third-order valence-electron chi connectivity index (χ3n) is 3.45. The lowest BCUT2D eigenvalue weighted by molar-refractivity contribution is -0.113. The van der Waals surface area contributed by atoms with E-state index in [1.165, 1.54) is 36.5 Å². The number of nitrogens with one attached hydrogen (secondary N) is 1. The van der Waals surface area contributed by atoms with Crippen LogP contribution >= 0.6 is 11.8 Å². The first-order valence-corrected chi connectivity index (χ1v) is 8.47. The molecule has 0 bridgehead atoms. The van der Waals surface area contributed by atoms with Gasteiger partial charge in [-0.05, 0) is 24.3 Å². The fourth-order valence-corrected chi connectivity index (χ4v) is 3.06. The van der Waals surface area contributed by atoms with E-state index < -0.39 is 0 Å². The Morgan fingerprint density at radius 2 is 2.08 bits per heavy atom. The lowest BCUT2D eigenvalue weighted by atomic mass is 10.3. The summed E-state index contributed by atoms with van der Waals surface area (Å²) in [5.74, 6) is -0.0656. The summed E-state index contributed by atoms with van der Waals surface area (Å²) in [7, 11) is 0. The van der Waals surface area contributed by atoms with Crippen LogP contribution < -0.4 is 5.32 Å². The van der Waals surface area contributed by atoms with Gasteiger partial charge in [-0.2, -0.15) is 5.10 Å². The Labute approximate surface area is 150 Å². The molecular weight excluding hydrogens is 359 g/mol. The number of carbonyl (C=O) groups is 1. The van der Waals surface area contributed by atoms with Crippen LogP contribution in [0.25, 0.3) is 16.7 Å². The van der Waals surface area contributed by atoms with Crippen molar-refractivity contribution in [2.24, 2.45) is 0 Å². The minimum Gasteiger partial charge on any atom is -0.363 e. The zero-order chi connectivity index (χ0) is 17.9. The summed E-state index contributed by atoms with van der Waals surface area (Å²) in [6.45, 7) is 0. The van der Waals surface area contributed by atoms with E-state index in [1.807, 2.05) is 0 Å². The number of thioether (sulfide) groups is 1. The van der Waals surface area contributed by atoms with Crippen LogP contribution in [0, 0.1) is 5.82 Å². The van der Waals surface area contributed by atoms with E-state index in [4.69, 9.17) is 0 Å². The van der Waals surface area contributed by atoms with Crippen molar-refractivity contribution in [2.75, 3.05) is 11.1 Å². The molecule has 130 valence electrons. The highest BCUT2D eigenvalue weighted by atomic mass is 32.2. The summed E-state index contributed by atoms with van der Waals surface area (Å²) >= 11 is 1.26. The largest absolute Gasteiger partial charge is 0.363 e. The molecule has 26 heavy (non-hydrogen) atoms. The fourth-order valence-electron chi connectivity index (χ4n) is 2.30. The van der Waals surface area contributed by atoms with Crippen molar-refractivity contribution in [3.8, 4) is 5.69 Å². The lowest BCUT2D eigenvalue weighted by Crippen LogP contribution is -2.14. The van der Waals surface area contributed by atoms with Gasteiger partial charge in [0.05, 0.1) is 23.0 Å². The molecule has 3 aromatic heterocycles. The quantitative estimate of drug-likeness (QED) is 0.426. The van der Waals surface area contributed by atoms with Crippen LogP contribution in [-0.2, 0) is 4.79 Å². The van der Waals surface area contributed by atoms with E-state index in [-0.39, 0.29) is 17.5 Å². The third-order valence-corrected chi connectivity index (χ3v) is 4.45. The monoisotopic (exact) mass is 370 g/mol. The van der Waals surface area contributed by atoms with E-state index in [0.717, 1.165) is 0 Å². The first kappa shape index (κ1) is 16.2. The normalized spacial score (nSPS) is 11.0. The Morgan fingerprint density at radius 3 is 2.85 bits per heavy atom. The van der Waals surface area contributed by atoms with Gasteiger partial charge in [0.15, 0.2) is 11.5 Å². The Kier molecular flexibility index (Phi) is 4.32. The van der Waals surface area contributed by atoms with Crippen LogP contribution in [0.1, 0.15) is 0 Å². The van der Waals surface area contributed by atoms with Crippen molar-refractivity contribution in [3.05, 3.63) is 54.9 Å². The maximum Gasteiger partial charge on any atom is 0.236 e. The summed E-state index contributed by atoms with van der Waals surface area (Å²) in [6, 6.07) is 7.49. The predicted molar refractivity (Wildman–Crippen MR) is 92.5 cm³/mol. The van der Waals surface area contributed by atoms with E-state index in [1.54, 1.807) is 29.1 Å². The molecule has 8 nitrogen and oxygen atoms in total. The number of anilines is 1. The van der Waals surface area contributed by atoms with Gasteiger partial charge in [-0.1, -0.05) is 16.9 Å². The van der Waals surface area contributed by atoms with Gasteiger partial charge in [0, 0.05) is 6.07 Å². The Balaban J connectivity index is 1.55. The van der Waals surface area contributed by atoms with E-state index in [0.29, 0.717) is 27.6 Å². The molecule has 0 aliphatic heterocycles. The van der Waals surface area contributed by atoms with Gasteiger partial charge in [-0.3, -0.25) is 4.79 Å². The summed E-state index contributed by atoms with van der Waals surface area (Å²) in [6.07, 6.45) is 4.40. The molecule has 1 amide bonds. The fraction of sp³-hybridized carbons (Fsp3) is 0.0625. The second-order valence-electron chi connectivity index (χ2n) is 5.17. The van der Waals surface area contributed by atoms with Crippen LogP contribution in [0.2, 0.25) is 0 Å². The second kappa shape index (κ2) is 6.92. The van der Waals surface area contributed by atoms with Crippen molar-refractivity contribution < 1.29 is 13.7 Å². The summed E-state index contributed by atoms with van der Waals surface area (Å²) in [5, 5.41) is 11.9. The molecule has 3 heterocycles. The van der Waals surface area contributed by atoms with Crippen LogP contribution in [0.5, 0.6) is 0 Å². The van der Waals surface area contributed by atoms with Crippen LogP contribution in [-0.4, -0.2) is 36.6 Å². The van der Waals surface area contributed by atoms with E-state index in [2.05, 4.69) is 30.1 Å². The summed E-state index contributed by atoms with van der Waals surface area (Å²) < 4.78 is 19.4. The number of rotatable bonds is 5. The second-order valence-corrected chi connectivity index (χ2v) is 6.13. The first-order chi connectivity index (χ1) is 12.7. The SMILES string of the molecule is O=C(CSc1ncnc2c1cnn2-c1ccc(F)cc1)Nc1ccon1. The van der Waals surface area contributed by atoms with Gasteiger partial charge in [-0.15, -0.1) is 0 Å². The molecule has 0 aliphatic rings. The molecule has 1 aromatic carbocycles. The molecule has 1 N–H and O–H groups in total. The number of hydrogen-bond donors (Lipinski definition) is 1. The van der Waals surface area contributed by atoms with Crippen LogP contribution in [0.4, 0.5) is 10.2 Å². The highest BCUT2D eigenvalue weighted by Gasteiger charge is 2.13. The highest BCUT2D eigenvalue weighted by Crippen LogP contribution is 2.25. The number of aromatic nitrogens is 5. The molecule has 0 saturated heterocycles. The number of benzene rings is 1. The number of hydrogen-bond acceptors (Lipinski definition) is 7. The number of amides is 1. The summed E-state index contributed by atoms with van der Waals surface area (Å²) in [4.78, 5) is 20.4. The van der Waals surface area contributed by atoms with Gasteiger partial charge in [0.25, 0.3) is 0 Å². The minimum atomic E-state index is -0.325. The predicted octanol–water partition coefficient (Wildman–Crippen LogP) is 2.67. The van der Waals surface area contributed by atoms with Crippen LogP contribution in [0.15, 0.2) is 58.7 Å². The number of carbonyl (C=O) groups excluding carboxylic acids is 1. The molecule has 4 aromatic rings. The molecule has 4 rings (SSSR count). The zero-order valence-electron chi connectivity index (χ0n) is 13.2. The topological polar surface area (TPSA) is 98.7 Å². The van der Waals surface area contributed by atoms with Gasteiger partial charge >= 0.3 is 0 Å². The van der Waals surface area contributed by atoms with Gasteiger partial charge in [-0.25, -0.2) is 19.0 Å². The Bertz CT molecular complexity index is 1050. The third kappa shape index (κ3) is 3.26. The molecule has 10 heteroatoms. The molecule has 0 aliphatic carbocycles. The van der Waals surface area contributed by atoms with Crippen LogP contribution in [0.3, 0.4) is 0 Å². The zero-order valence-corrected chi connectivity index (χ0v) is 14.0. The molecule has 0 atom stereocenters. The van der Waals surface area contributed by atoms with E-state index in [9.17, 15) is 9.18 Å². The molecule has 0 spiro atoms. The van der Waals surface area contributed by atoms with Crippen molar-refractivity contribution >= 4 is 34.5 Å². The van der Waals surface area contributed by atoms with Crippen molar-refractivity contribution in [2.45, 2.75) is 5.03 Å². The van der Waals surface area contributed by atoms with E-state index >= 15 is 0 Å². The van der Waals surface area contributed by atoms with Crippen molar-refractivity contribution in [1.82, 2.24) is 24.9 Å². The molecular formula is C16H11FN6O2S. The Morgan fingerprint density at radius 1 is 1.23 bits per heavy atom. The maximum absolute atomic E-state index is 13.1. The van der Waals surface area contributed by atoms with Crippen molar-refractivity contribution in [3.63, 3.8) is 0 Å². The molecule has 0 radical (unpaired) electrons. The molecule has 0 unspecified atom stereocenters. The smallest absolute Gasteiger partial charge is 0.236 e. The van der Waals surface area contributed by atoms with Gasteiger partial charge < -0.3 is 9.84 Å². The number of fused-ring (bicyclic) bond motifs is 1. The number of halogens is 1. The highest BCUT2D eigenvalue weighted by molar-refractivity contribution is 8.00. The number of nitrogens with zero attached hydrogens (tertiary/aromatic N) is 5. The minimum absolute atomic E-state index is 0.140. The maximum atomic E-state index is 13.1. The van der Waals surface area contributed by atoms with Gasteiger partial charge in [0.1, 0.15) is 23.4 Å². The Hall–Kier alpha value is -3.27. The average molecular weight is 370 g/mol.